The zero-order valence-electron chi connectivity index (χ0n) is 13.9. The first-order chi connectivity index (χ1) is 12.7. The minimum atomic E-state index is -0.234. The molecular weight excluding hydrogens is 332 g/mol. The lowest BCUT2D eigenvalue weighted by Crippen LogP contribution is -1.92. The maximum atomic E-state index is 10.2. The van der Waals surface area contributed by atoms with E-state index in [0.717, 1.165) is 22.5 Å². The van der Waals surface area contributed by atoms with Gasteiger partial charge in [0.15, 0.2) is 11.5 Å². The van der Waals surface area contributed by atoms with Crippen LogP contribution in [0.3, 0.4) is 0 Å². The van der Waals surface area contributed by atoms with Crippen molar-refractivity contribution in [3.05, 3.63) is 53.7 Å². The summed E-state index contributed by atoms with van der Waals surface area (Å²) in [6.45, 7) is 2.13. The molecule has 6 nitrogen and oxygen atoms in total. The molecule has 128 valence electrons. The first-order valence-electron chi connectivity index (χ1n) is 8.15. The van der Waals surface area contributed by atoms with Crippen molar-refractivity contribution in [3.8, 4) is 28.9 Å². The van der Waals surface area contributed by atoms with Crippen molar-refractivity contribution >= 4 is 23.0 Å². The minimum absolute atomic E-state index is 0.199. The molecule has 6 heteroatoms. The predicted molar refractivity (Wildman–Crippen MR) is 96.8 cm³/mol. The fourth-order valence-electron chi connectivity index (χ4n) is 3.12. The normalized spacial score (nSPS) is 16.0. The average molecular weight is 346 g/mol. The van der Waals surface area contributed by atoms with Gasteiger partial charge in [-0.3, -0.25) is 4.99 Å². The predicted octanol–water partition coefficient (Wildman–Crippen LogP) is 4.42. The van der Waals surface area contributed by atoms with Crippen molar-refractivity contribution in [2.75, 3.05) is 6.79 Å². The molecule has 26 heavy (non-hydrogen) atoms. The first-order valence-corrected chi connectivity index (χ1v) is 8.15. The van der Waals surface area contributed by atoms with Crippen LogP contribution in [-0.2, 0) is 0 Å². The van der Waals surface area contributed by atoms with Gasteiger partial charge in [-0.1, -0.05) is 18.2 Å². The van der Waals surface area contributed by atoms with Crippen molar-refractivity contribution in [1.29, 1.82) is 0 Å². The van der Waals surface area contributed by atoms with Gasteiger partial charge in [-0.2, -0.15) is 0 Å². The lowest BCUT2D eigenvalue weighted by atomic mass is 10.0. The van der Waals surface area contributed by atoms with E-state index in [2.05, 4.69) is 9.98 Å². The summed E-state index contributed by atoms with van der Waals surface area (Å²) < 4.78 is 16.1. The maximum Gasteiger partial charge on any atom is 0.310 e. The largest absolute Gasteiger partial charge is 0.479 e. The van der Waals surface area contributed by atoms with Crippen molar-refractivity contribution in [2.45, 2.75) is 6.92 Å². The summed E-state index contributed by atoms with van der Waals surface area (Å²) in [6.07, 6.45) is 1.79. The van der Waals surface area contributed by atoms with Crippen LogP contribution in [0.1, 0.15) is 18.2 Å². The fourth-order valence-corrected chi connectivity index (χ4v) is 3.12. The van der Waals surface area contributed by atoms with E-state index < -0.39 is 0 Å². The smallest absolute Gasteiger partial charge is 0.310 e. The average Bonchev–Trinajstić information content (AvgIpc) is 3.33. The van der Waals surface area contributed by atoms with Gasteiger partial charge in [0.25, 0.3) is 0 Å². The van der Waals surface area contributed by atoms with Gasteiger partial charge in [0.05, 0.1) is 5.69 Å². The molecule has 0 fully saturated rings. The van der Waals surface area contributed by atoms with Crippen LogP contribution in [0, 0.1) is 0 Å². The Morgan fingerprint density at radius 1 is 1.08 bits per heavy atom. The summed E-state index contributed by atoms with van der Waals surface area (Å²) in [7, 11) is 0. The van der Waals surface area contributed by atoms with Gasteiger partial charge in [-0.25, -0.2) is 4.98 Å². The number of aromatic nitrogens is 1. The van der Waals surface area contributed by atoms with E-state index in [1.165, 1.54) is 0 Å². The quantitative estimate of drug-likeness (QED) is 0.743. The number of aliphatic imine (C=N–C) groups is 1. The Balaban J connectivity index is 1.55. The van der Waals surface area contributed by atoms with Gasteiger partial charge in [-0.05, 0) is 37.3 Å². The Kier molecular flexibility index (Phi) is 3.12. The van der Waals surface area contributed by atoms with Gasteiger partial charge in [0, 0.05) is 22.4 Å². The summed E-state index contributed by atoms with van der Waals surface area (Å²) in [5.74, 6) is 1.39. The third-order valence-electron chi connectivity index (χ3n) is 4.41. The molecule has 0 bridgehead atoms. The Morgan fingerprint density at radius 3 is 2.85 bits per heavy atom. The van der Waals surface area contributed by atoms with Crippen molar-refractivity contribution in [3.63, 3.8) is 0 Å². The number of hydrogen-bond donors (Lipinski definition) is 1. The number of aromatic hydroxyl groups is 1. The molecule has 5 rings (SSSR count). The summed E-state index contributed by atoms with van der Waals surface area (Å²) >= 11 is 0. The van der Waals surface area contributed by atoms with Gasteiger partial charge in [0.1, 0.15) is 5.69 Å². The number of para-hydroxylation sites is 1. The van der Waals surface area contributed by atoms with Gasteiger partial charge in [-0.15, -0.1) is 0 Å². The van der Waals surface area contributed by atoms with Crippen LogP contribution in [0.25, 0.3) is 23.1 Å². The van der Waals surface area contributed by atoms with E-state index in [0.29, 0.717) is 28.6 Å². The molecule has 0 unspecified atom stereocenters. The number of allylic oxidation sites excluding steroid dienone is 1. The number of ether oxygens (including phenoxy) is 2. The zero-order valence-corrected chi connectivity index (χ0v) is 13.9. The molecule has 0 saturated heterocycles. The Morgan fingerprint density at radius 2 is 1.92 bits per heavy atom. The van der Waals surface area contributed by atoms with Crippen LogP contribution in [0.5, 0.6) is 17.4 Å². The molecule has 0 atom stereocenters. The summed E-state index contributed by atoms with van der Waals surface area (Å²) in [6, 6.07) is 13.2. The van der Waals surface area contributed by atoms with E-state index in [1.54, 1.807) is 18.2 Å². The number of hydrogen-bond acceptors (Lipinski definition) is 6. The van der Waals surface area contributed by atoms with E-state index in [1.807, 2.05) is 37.3 Å². The number of benzene rings is 2. The second-order valence-corrected chi connectivity index (χ2v) is 6.05. The Hall–Kier alpha value is -3.54. The molecule has 2 aromatic carbocycles. The van der Waals surface area contributed by atoms with Crippen molar-refractivity contribution < 1.29 is 19.0 Å². The van der Waals surface area contributed by atoms with Crippen LogP contribution < -0.4 is 9.47 Å². The van der Waals surface area contributed by atoms with Crippen LogP contribution in [0.2, 0.25) is 0 Å². The summed E-state index contributed by atoms with van der Waals surface area (Å²) in [5, 5.41) is 10.2. The monoisotopic (exact) mass is 346 g/mol. The lowest BCUT2D eigenvalue weighted by Gasteiger charge is -1.99. The van der Waals surface area contributed by atoms with Crippen LogP contribution in [0.4, 0.5) is 5.69 Å². The Bertz CT molecular complexity index is 1090. The van der Waals surface area contributed by atoms with Gasteiger partial charge < -0.3 is 19.0 Å². The zero-order chi connectivity index (χ0) is 17.7. The molecule has 3 aromatic rings. The van der Waals surface area contributed by atoms with Gasteiger partial charge >= 0.3 is 5.95 Å². The third kappa shape index (κ3) is 2.27. The lowest BCUT2D eigenvalue weighted by molar-refractivity contribution is 0.174. The van der Waals surface area contributed by atoms with E-state index >= 15 is 0 Å². The maximum absolute atomic E-state index is 10.2. The standard InChI is InChI=1S/C20H14N2O4/c1-11-14(13-4-2-3-5-15(13)21-11)9-16-20(23)26-19(22-16)12-6-7-17-18(8-12)25-10-24-17/h2-9,23H,10H2,1H3/b14-9+. The van der Waals surface area contributed by atoms with E-state index in [9.17, 15) is 5.11 Å². The number of rotatable bonds is 2. The molecular formula is C20H14N2O4. The molecule has 0 spiro atoms. The van der Waals surface area contributed by atoms with Crippen LogP contribution >= 0.6 is 0 Å². The number of nitrogens with zero attached hydrogens (tertiary/aromatic N) is 2. The Labute approximate surface area is 149 Å². The van der Waals surface area contributed by atoms with Gasteiger partial charge in [0.2, 0.25) is 12.7 Å². The van der Waals surface area contributed by atoms with Crippen LogP contribution in [0.15, 0.2) is 51.9 Å². The highest BCUT2D eigenvalue weighted by atomic mass is 16.7. The SMILES string of the molecule is CC1=Nc2ccccc2/C1=C/c1nc(-c2ccc3c(c2)OCO3)oc1O. The number of oxazole rings is 1. The molecule has 1 aromatic heterocycles. The van der Waals surface area contributed by atoms with E-state index in [-0.39, 0.29) is 12.7 Å². The second kappa shape index (κ2) is 5.49. The summed E-state index contributed by atoms with van der Waals surface area (Å²) in [4.78, 5) is 8.97. The number of fused-ring (bicyclic) bond motifs is 2. The molecule has 2 aliphatic heterocycles. The molecule has 2 aliphatic rings. The fraction of sp³-hybridized carbons (Fsp3) is 0.100. The van der Waals surface area contributed by atoms with Crippen molar-refractivity contribution in [2.24, 2.45) is 4.99 Å². The van der Waals surface area contributed by atoms with Crippen LogP contribution in [-0.4, -0.2) is 22.6 Å². The molecule has 0 amide bonds. The highest BCUT2D eigenvalue weighted by Crippen LogP contribution is 2.39. The first kappa shape index (κ1) is 14.8. The molecule has 0 radical (unpaired) electrons. The topological polar surface area (TPSA) is 77.1 Å². The molecule has 0 saturated carbocycles. The third-order valence-corrected chi connectivity index (χ3v) is 4.41. The molecule has 3 heterocycles. The highest BCUT2D eigenvalue weighted by molar-refractivity contribution is 6.31. The second-order valence-electron chi connectivity index (χ2n) is 6.05. The van der Waals surface area contributed by atoms with Crippen molar-refractivity contribution in [1.82, 2.24) is 4.98 Å². The summed E-state index contributed by atoms with van der Waals surface area (Å²) in [5.41, 5.74) is 4.78. The molecule has 0 aliphatic carbocycles. The highest BCUT2D eigenvalue weighted by Gasteiger charge is 2.21. The minimum Gasteiger partial charge on any atom is -0.479 e. The van der Waals surface area contributed by atoms with E-state index in [4.69, 9.17) is 13.9 Å². The molecule has 1 N–H and O–H groups in total.